The van der Waals surface area contributed by atoms with Crippen molar-refractivity contribution in [1.82, 2.24) is 0 Å². The Morgan fingerprint density at radius 1 is 0.690 bits per heavy atom. The summed E-state index contributed by atoms with van der Waals surface area (Å²) in [7, 11) is 0. The van der Waals surface area contributed by atoms with Gasteiger partial charge in [0.05, 0.1) is 22.8 Å². The molecular formula is C26H19N3. The monoisotopic (exact) mass is 373 g/mol. The third kappa shape index (κ3) is 2.55. The van der Waals surface area contributed by atoms with E-state index in [0.29, 0.717) is 0 Å². The van der Waals surface area contributed by atoms with Gasteiger partial charge < -0.3 is 10.2 Å². The van der Waals surface area contributed by atoms with Crippen LogP contribution in [0.1, 0.15) is 5.56 Å². The third-order valence-electron chi connectivity index (χ3n) is 5.63. The van der Waals surface area contributed by atoms with Gasteiger partial charge in [0.15, 0.2) is 0 Å². The van der Waals surface area contributed by atoms with Gasteiger partial charge >= 0.3 is 0 Å². The molecule has 0 aliphatic carbocycles. The van der Waals surface area contributed by atoms with Crippen LogP contribution in [0.25, 0.3) is 11.1 Å². The smallest absolute Gasteiger partial charge is 0.148 e. The second-order valence-electron chi connectivity index (χ2n) is 7.36. The topological polar surface area (TPSA) is 27.6 Å². The van der Waals surface area contributed by atoms with Gasteiger partial charge in [-0.25, -0.2) is 4.99 Å². The van der Waals surface area contributed by atoms with E-state index in [1.165, 1.54) is 22.4 Å². The maximum Gasteiger partial charge on any atom is 0.148 e. The minimum atomic E-state index is -0.0201. The Hall–Kier alpha value is -3.85. The van der Waals surface area contributed by atoms with Gasteiger partial charge in [0, 0.05) is 11.3 Å². The minimum Gasteiger partial charge on any atom is -0.358 e. The maximum atomic E-state index is 5.07. The van der Waals surface area contributed by atoms with E-state index in [1.54, 1.807) is 0 Å². The third-order valence-corrected chi connectivity index (χ3v) is 5.63. The highest BCUT2D eigenvalue weighted by atomic mass is 15.3. The van der Waals surface area contributed by atoms with Gasteiger partial charge in [-0.2, -0.15) is 0 Å². The lowest BCUT2D eigenvalue weighted by Gasteiger charge is -2.31. The number of anilines is 3. The lowest BCUT2D eigenvalue weighted by atomic mass is 10.00. The van der Waals surface area contributed by atoms with E-state index in [1.807, 2.05) is 6.07 Å². The number of para-hydroxylation sites is 3. The van der Waals surface area contributed by atoms with Gasteiger partial charge in [-0.05, 0) is 47.5 Å². The van der Waals surface area contributed by atoms with Crippen molar-refractivity contribution in [3.8, 4) is 11.1 Å². The molecule has 3 heteroatoms. The molecule has 29 heavy (non-hydrogen) atoms. The molecule has 1 atom stereocenters. The molecule has 1 N–H and O–H groups in total. The first-order valence-electron chi connectivity index (χ1n) is 9.87. The average molecular weight is 373 g/mol. The zero-order chi connectivity index (χ0) is 19.2. The van der Waals surface area contributed by atoms with Crippen LogP contribution in [0.3, 0.4) is 0 Å². The number of fused-ring (bicyclic) bond motifs is 4. The van der Waals surface area contributed by atoms with E-state index in [-0.39, 0.29) is 6.17 Å². The molecule has 0 saturated heterocycles. The van der Waals surface area contributed by atoms with Gasteiger partial charge in [0.1, 0.15) is 6.17 Å². The first-order valence-corrected chi connectivity index (χ1v) is 9.87. The Bertz CT molecular complexity index is 1230. The average Bonchev–Trinajstić information content (AvgIpc) is 3.11. The molecule has 2 aliphatic heterocycles. The zero-order valence-electron chi connectivity index (χ0n) is 15.8. The van der Waals surface area contributed by atoms with Crippen LogP contribution in [0.2, 0.25) is 0 Å². The van der Waals surface area contributed by atoms with Crippen molar-refractivity contribution in [1.29, 1.82) is 0 Å². The lowest BCUT2D eigenvalue weighted by Crippen LogP contribution is -2.40. The second kappa shape index (κ2) is 6.35. The van der Waals surface area contributed by atoms with Crippen LogP contribution in [0.5, 0.6) is 0 Å². The van der Waals surface area contributed by atoms with E-state index in [4.69, 9.17) is 4.99 Å². The highest BCUT2D eigenvalue weighted by Crippen LogP contribution is 2.44. The van der Waals surface area contributed by atoms with Crippen molar-refractivity contribution < 1.29 is 0 Å². The number of nitrogens with one attached hydrogen (secondary N) is 1. The van der Waals surface area contributed by atoms with Crippen molar-refractivity contribution in [3.05, 3.63) is 109 Å². The molecule has 2 heterocycles. The molecule has 1 unspecified atom stereocenters. The zero-order valence-corrected chi connectivity index (χ0v) is 15.8. The summed E-state index contributed by atoms with van der Waals surface area (Å²) in [6.45, 7) is 0. The number of hydrogen-bond donors (Lipinski definition) is 1. The fraction of sp³-hybridized carbons (Fsp3) is 0.0385. The predicted molar refractivity (Wildman–Crippen MR) is 121 cm³/mol. The predicted octanol–water partition coefficient (Wildman–Crippen LogP) is 6.38. The van der Waals surface area contributed by atoms with Crippen LogP contribution in [0, 0.1) is 0 Å². The Balaban J connectivity index is 1.57. The quantitative estimate of drug-likeness (QED) is 0.442. The summed E-state index contributed by atoms with van der Waals surface area (Å²) in [6.07, 6.45) is -0.0201. The molecule has 0 radical (unpaired) electrons. The Morgan fingerprint density at radius 3 is 2.24 bits per heavy atom. The number of nitrogens with zero attached hydrogens (tertiary/aromatic N) is 2. The van der Waals surface area contributed by atoms with Crippen LogP contribution >= 0.6 is 0 Å². The SMILES string of the molecule is c1ccc(-c2ccc3c(c2)C2=Nc4ccccc4NC2N3c2ccccc2)cc1. The Morgan fingerprint density at radius 2 is 1.41 bits per heavy atom. The number of hydrogen-bond acceptors (Lipinski definition) is 3. The highest BCUT2D eigenvalue weighted by Gasteiger charge is 2.38. The number of rotatable bonds is 2. The van der Waals surface area contributed by atoms with Crippen molar-refractivity contribution in [3.63, 3.8) is 0 Å². The normalized spacial score (nSPS) is 16.3. The van der Waals surface area contributed by atoms with Gasteiger partial charge in [-0.3, -0.25) is 0 Å². The van der Waals surface area contributed by atoms with Gasteiger partial charge in [-0.15, -0.1) is 0 Å². The number of aliphatic imine (C=N–C) groups is 1. The molecule has 138 valence electrons. The molecule has 4 aromatic carbocycles. The second-order valence-corrected chi connectivity index (χ2v) is 7.36. The first kappa shape index (κ1) is 16.1. The van der Waals surface area contributed by atoms with Crippen LogP contribution in [-0.4, -0.2) is 11.9 Å². The molecule has 0 saturated carbocycles. The summed E-state index contributed by atoms with van der Waals surface area (Å²) in [5.41, 5.74) is 9.07. The van der Waals surface area contributed by atoms with E-state index in [0.717, 1.165) is 22.8 Å². The molecule has 4 aromatic rings. The highest BCUT2D eigenvalue weighted by molar-refractivity contribution is 6.19. The van der Waals surface area contributed by atoms with E-state index < -0.39 is 0 Å². The van der Waals surface area contributed by atoms with Gasteiger partial charge in [-0.1, -0.05) is 66.7 Å². The van der Waals surface area contributed by atoms with Crippen LogP contribution in [-0.2, 0) is 0 Å². The summed E-state index contributed by atoms with van der Waals surface area (Å²) >= 11 is 0. The molecule has 0 aromatic heterocycles. The fourth-order valence-corrected chi connectivity index (χ4v) is 4.27. The first-order chi connectivity index (χ1) is 14.4. The van der Waals surface area contributed by atoms with Crippen LogP contribution in [0.15, 0.2) is 108 Å². The number of benzene rings is 4. The van der Waals surface area contributed by atoms with Gasteiger partial charge in [0.2, 0.25) is 0 Å². The Kier molecular flexibility index (Phi) is 3.53. The van der Waals surface area contributed by atoms with Crippen molar-refractivity contribution in [2.75, 3.05) is 10.2 Å². The summed E-state index contributed by atoms with van der Waals surface area (Å²) in [5.74, 6) is 0. The molecule has 0 fully saturated rings. The maximum absolute atomic E-state index is 5.07. The van der Waals surface area contributed by atoms with Gasteiger partial charge in [0.25, 0.3) is 0 Å². The molecule has 0 bridgehead atoms. The van der Waals surface area contributed by atoms with Crippen LogP contribution < -0.4 is 10.2 Å². The van der Waals surface area contributed by atoms with E-state index >= 15 is 0 Å². The van der Waals surface area contributed by atoms with E-state index in [2.05, 4.69) is 107 Å². The summed E-state index contributed by atoms with van der Waals surface area (Å²) in [4.78, 5) is 7.42. The molecule has 2 aliphatic rings. The lowest BCUT2D eigenvalue weighted by molar-refractivity contribution is 0.938. The van der Waals surface area contributed by atoms with E-state index in [9.17, 15) is 0 Å². The summed E-state index contributed by atoms with van der Waals surface area (Å²) < 4.78 is 0. The summed E-state index contributed by atoms with van der Waals surface area (Å²) in [5, 5.41) is 3.71. The molecule has 6 rings (SSSR count). The molecule has 0 amide bonds. The Labute approximate surface area is 170 Å². The molecular weight excluding hydrogens is 354 g/mol. The molecule has 0 spiro atoms. The largest absolute Gasteiger partial charge is 0.358 e. The summed E-state index contributed by atoms with van der Waals surface area (Å²) in [6, 6.07) is 36.0. The van der Waals surface area contributed by atoms with Crippen molar-refractivity contribution in [2.45, 2.75) is 6.17 Å². The van der Waals surface area contributed by atoms with Crippen molar-refractivity contribution in [2.24, 2.45) is 4.99 Å². The van der Waals surface area contributed by atoms with Crippen LogP contribution in [0.4, 0.5) is 22.7 Å². The molecule has 3 nitrogen and oxygen atoms in total. The minimum absolute atomic E-state index is 0.0201. The standard InChI is InChI=1S/C26H19N3/c1-3-9-18(10-4-1)19-15-16-24-21(17-19)25-26(29(24)20-11-5-2-6-12-20)28-23-14-8-7-13-22(23)27-25/h1-17,26,28H. The fourth-order valence-electron chi connectivity index (χ4n) is 4.27. The van der Waals surface area contributed by atoms with Crippen molar-refractivity contribution >= 4 is 28.5 Å².